The number of nitrogens with one attached hydrogen (secondary N) is 2. The van der Waals surface area contributed by atoms with Gasteiger partial charge in [-0.1, -0.05) is 13.0 Å². The summed E-state index contributed by atoms with van der Waals surface area (Å²) in [6.45, 7) is 8.88. The number of carboxylic acid groups (broad SMARTS) is 1. The van der Waals surface area contributed by atoms with E-state index in [1.165, 1.54) is 20.8 Å². The van der Waals surface area contributed by atoms with Crippen LogP contribution in [0.15, 0.2) is 24.3 Å². The van der Waals surface area contributed by atoms with Crippen LogP contribution in [0.3, 0.4) is 0 Å². The molecule has 0 radical (unpaired) electrons. The van der Waals surface area contributed by atoms with Gasteiger partial charge in [-0.25, -0.2) is 9.78 Å². The molecule has 15 nitrogen and oxygen atoms in total. The number of benzene rings is 1. The van der Waals surface area contributed by atoms with Gasteiger partial charge in [0.1, 0.15) is 23.5 Å². The van der Waals surface area contributed by atoms with Gasteiger partial charge in [0, 0.05) is 50.7 Å². The number of ether oxygens (including phenoxy) is 2. The first-order chi connectivity index (χ1) is 22.9. The molecule has 0 saturated carbocycles. The first-order valence-electron chi connectivity index (χ1n) is 16.3. The zero-order valence-electron chi connectivity index (χ0n) is 27.8. The Labute approximate surface area is 278 Å². The van der Waals surface area contributed by atoms with Crippen LogP contribution in [0.2, 0.25) is 0 Å². The lowest BCUT2D eigenvalue weighted by molar-refractivity contribution is -0.143. The predicted octanol–water partition coefficient (Wildman–Crippen LogP) is 1.70. The van der Waals surface area contributed by atoms with Crippen LogP contribution in [-0.4, -0.2) is 125 Å². The molecule has 1 aromatic heterocycles. The van der Waals surface area contributed by atoms with Crippen molar-refractivity contribution < 1.29 is 43.3 Å². The number of piperazine rings is 1. The third kappa shape index (κ3) is 8.69. The Kier molecular flexibility index (Phi) is 12.1. The van der Waals surface area contributed by atoms with E-state index in [9.17, 15) is 33.9 Å². The van der Waals surface area contributed by atoms with Gasteiger partial charge in [-0.2, -0.15) is 0 Å². The van der Waals surface area contributed by atoms with E-state index in [0.717, 1.165) is 12.0 Å². The fourth-order valence-electron chi connectivity index (χ4n) is 5.82. The number of hydrogen-bond donors (Lipinski definition) is 3. The smallest absolute Gasteiger partial charge is 0.409 e. The van der Waals surface area contributed by atoms with E-state index >= 15 is 0 Å². The summed E-state index contributed by atoms with van der Waals surface area (Å²) < 4.78 is 11.2. The Morgan fingerprint density at radius 2 is 1.71 bits per heavy atom. The van der Waals surface area contributed by atoms with Crippen molar-refractivity contribution in [3.63, 3.8) is 0 Å². The van der Waals surface area contributed by atoms with Crippen molar-refractivity contribution in [3.05, 3.63) is 35.5 Å². The van der Waals surface area contributed by atoms with E-state index < -0.39 is 48.5 Å². The van der Waals surface area contributed by atoms with Gasteiger partial charge in [-0.15, -0.1) is 0 Å². The summed E-state index contributed by atoms with van der Waals surface area (Å²) in [5.41, 5.74) is 1.10. The molecule has 5 amide bonds. The monoisotopic (exact) mass is 668 g/mol. The van der Waals surface area contributed by atoms with E-state index in [1.54, 1.807) is 26.0 Å². The molecule has 3 heterocycles. The summed E-state index contributed by atoms with van der Waals surface area (Å²) in [5, 5.41) is 15.5. The zero-order chi connectivity index (χ0) is 35.0. The molecule has 48 heavy (non-hydrogen) atoms. The number of aromatic nitrogens is 1. The Morgan fingerprint density at radius 3 is 2.38 bits per heavy atom. The van der Waals surface area contributed by atoms with Crippen molar-refractivity contribution in [1.82, 2.24) is 30.3 Å². The number of carbonyl (C=O) groups excluding carboxylic acids is 5. The predicted molar refractivity (Wildman–Crippen MR) is 173 cm³/mol. The fourth-order valence-corrected chi connectivity index (χ4v) is 5.82. The van der Waals surface area contributed by atoms with Gasteiger partial charge in [0.05, 0.1) is 18.5 Å². The lowest BCUT2D eigenvalue weighted by Gasteiger charge is -2.35. The summed E-state index contributed by atoms with van der Waals surface area (Å²) in [6, 6.07) is 4.69. The molecule has 1 aromatic carbocycles. The Hall–Kier alpha value is -4.95. The number of hydrogen-bond acceptors (Lipinski definition) is 9. The zero-order valence-corrected chi connectivity index (χ0v) is 27.8. The SMILES string of the molecule is CCCNC(=O)C1CCCN1C(=O)[C@@H](C)Oc1cc(C(=O)NC(CC(=O)O)C(=O)N2CCN(C(=O)OCC)CC2)nc2cc(C)ccc12. The van der Waals surface area contributed by atoms with Crippen molar-refractivity contribution in [1.29, 1.82) is 0 Å². The highest BCUT2D eigenvalue weighted by molar-refractivity contribution is 6.00. The van der Waals surface area contributed by atoms with Gasteiger partial charge in [-0.3, -0.25) is 24.0 Å². The van der Waals surface area contributed by atoms with Crippen LogP contribution in [0, 0.1) is 6.92 Å². The highest BCUT2D eigenvalue weighted by Crippen LogP contribution is 2.29. The minimum atomic E-state index is -1.41. The summed E-state index contributed by atoms with van der Waals surface area (Å²) >= 11 is 0. The fraction of sp³-hybridized carbons (Fsp3) is 0.545. The third-order valence-electron chi connectivity index (χ3n) is 8.30. The third-order valence-corrected chi connectivity index (χ3v) is 8.30. The second kappa shape index (κ2) is 16.2. The highest BCUT2D eigenvalue weighted by Gasteiger charge is 2.37. The average molecular weight is 669 g/mol. The second-order valence-corrected chi connectivity index (χ2v) is 11.9. The van der Waals surface area contributed by atoms with Crippen LogP contribution in [0.1, 0.15) is 62.5 Å². The van der Waals surface area contributed by atoms with Gasteiger partial charge >= 0.3 is 12.1 Å². The first kappa shape index (κ1) is 35.9. The summed E-state index contributed by atoms with van der Waals surface area (Å²) in [6.07, 6.45) is -0.177. The molecule has 15 heteroatoms. The van der Waals surface area contributed by atoms with Gasteiger partial charge in [-0.05, 0) is 57.7 Å². The number of amides is 5. The van der Waals surface area contributed by atoms with Crippen LogP contribution in [0.25, 0.3) is 10.9 Å². The summed E-state index contributed by atoms with van der Waals surface area (Å²) in [4.78, 5) is 85.8. The van der Waals surface area contributed by atoms with Crippen molar-refractivity contribution in [2.45, 2.75) is 71.6 Å². The molecule has 0 aliphatic carbocycles. The van der Waals surface area contributed by atoms with E-state index in [0.29, 0.717) is 36.8 Å². The normalized spacial score (nSPS) is 17.4. The van der Waals surface area contributed by atoms with Crippen LogP contribution in [-0.2, 0) is 23.9 Å². The lowest BCUT2D eigenvalue weighted by Crippen LogP contribution is -2.56. The van der Waals surface area contributed by atoms with E-state index in [2.05, 4.69) is 15.6 Å². The van der Waals surface area contributed by atoms with Crippen LogP contribution < -0.4 is 15.4 Å². The van der Waals surface area contributed by atoms with E-state index in [4.69, 9.17) is 9.47 Å². The lowest BCUT2D eigenvalue weighted by atomic mass is 10.1. The van der Waals surface area contributed by atoms with Crippen LogP contribution >= 0.6 is 0 Å². The van der Waals surface area contributed by atoms with Gasteiger partial charge < -0.3 is 39.9 Å². The number of carbonyl (C=O) groups is 6. The topological polar surface area (TPSA) is 188 Å². The minimum Gasteiger partial charge on any atom is -0.481 e. The molecule has 4 rings (SSSR count). The number of nitrogens with zero attached hydrogens (tertiary/aromatic N) is 4. The van der Waals surface area contributed by atoms with Crippen LogP contribution in [0.4, 0.5) is 4.79 Å². The molecule has 260 valence electrons. The molecule has 2 unspecified atom stereocenters. The number of pyridine rings is 1. The molecule has 3 atom stereocenters. The van der Waals surface area contributed by atoms with Gasteiger partial charge in [0.2, 0.25) is 11.8 Å². The van der Waals surface area contributed by atoms with Gasteiger partial charge in [0.25, 0.3) is 11.8 Å². The number of rotatable bonds is 12. The van der Waals surface area contributed by atoms with Gasteiger partial charge in [0.15, 0.2) is 6.10 Å². The molecule has 2 aliphatic rings. The first-order valence-corrected chi connectivity index (χ1v) is 16.3. The number of aryl methyl sites for hydroxylation is 1. The largest absolute Gasteiger partial charge is 0.481 e. The Morgan fingerprint density at radius 1 is 1.00 bits per heavy atom. The number of likely N-dealkylation sites (tertiary alicyclic amines) is 1. The molecule has 2 fully saturated rings. The van der Waals surface area contributed by atoms with Crippen molar-refractivity contribution in [2.75, 3.05) is 45.9 Å². The number of aliphatic carboxylic acids is 1. The maximum absolute atomic E-state index is 13.6. The molecular formula is C33H44N6O9. The van der Waals surface area contributed by atoms with Crippen molar-refractivity contribution >= 4 is 46.6 Å². The Balaban J connectivity index is 1.53. The van der Waals surface area contributed by atoms with E-state index in [-0.39, 0.29) is 56.0 Å². The molecule has 0 spiro atoms. The Bertz CT molecular complexity index is 1540. The van der Waals surface area contributed by atoms with E-state index in [1.807, 2.05) is 19.9 Å². The number of fused-ring (bicyclic) bond motifs is 1. The maximum Gasteiger partial charge on any atom is 0.409 e. The standard InChI is InChI=1S/C33H44N6O9/c1-5-11-34-30(43)26-8-7-12-39(26)31(44)21(4)48-27-18-24(35-23-17-20(3)9-10-22(23)27)29(42)36-25(19-28(40)41)32(45)37-13-15-38(16-14-37)33(46)47-6-2/h9-10,17-18,21,25-26H,5-8,11-16,19H2,1-4H3,(H,34,43)(H,36,42)(H,40,41)/t21-,25?,26?/m1/s1. The quantitative estimate of drug-likeness (QED) is 0.300. The molecular weight excluding hydrogens is 624 g/mol. The van der Waals surface area contributed by atoms with Crippen molar-refractivity contribution in [3.8, 4) is 5.75 Å². The summed E-state index contributed by atoms with van der Waals surface area (Å²) in [5.74, 6) is -3.09. The number of carboxylic acids is 1. The molecule has 2 aliphatic heterocycles. The van der Waals surface area contributed by atoms with Crippen LogP contribution in [0.5, 0.6) is 5.75 Å². The molecule has 0 bridgehead atoms. The highest BCUT2D eigenvalue weighted by atomic mass is 16.6. The minimum absolute atomic E-state index is 0.138. The second-order valence-electron chi connectivity index (χ2n) is 11.9. The molecule has 2 aromatic rings. The average Bonchev–Trinajstić information content (AvgIpc) is 3.56. The maximum atomic E-state index is 13.6. The molecule has 3 N–H and O–H groups in total. The molecule has 2 saturated heterocycles. The summed E-state index contributed by atoms with van der Waals surface area (Å²) in [7, 11) is 0. The van der Waals surface area contributed by atoms with Crippen molar-refractivity contribution in [2.24, 2.45) is 0 Å².